The minimum absolute atomic E-state index is 0.183. The van der Waals surface area contributed by atoms with E-state index in [4.69, 9.17) is 9.15 Å². The molecule has 4 rings (SSSR count). The average Bonchev–Trinajstić information content (AvgIpc) is 3.35. The van der Waals surface area contributed by atoms with Gasteiger partial charge in [0.15, 0.2) is 0 Å². The van der Waals surface area contributed by atoms with Gasteiger partial charge in [-0.3, -0.25) is 19.7 Å². The van der Waals surface area contributed by atoms with Gasteiger partial charge in [0.2, 0.25) is 11.8 Å². The van der Waals surface area contributed by atoms with Gasteiger partial charge in [-0.05, 0) is 45.0 Å². The van der Waals surface area contributed by atoms with Crippen LogP contribution in [0.15, 0.2) is 47.1 Å². The van der Waals surface area contributed by atoms with Crippen molar-refractivity contribution in [3.05, 3.63) is 54.0 Å². The fourth-order valence-electron chi connectivity index (χ4n) is 4.27. The van der Waals surface area contributed by atoms with E-state index >= 15 is 0 Å². The van der Waals surface area contributed by atoms with Crippen molar-refractivity contribution >= 4 is 23.5 Å². The SMILES string of the molecule is CCOC(=O)[C@]1(C)N[C@H](c2ccco2)[C@@H]2C(=O)N(c3ccc(C)cc3)C(=O)[C@H]21. The number of carbonyl (C=O) groups is 3. The Morgan fingerprint density at radius 3 is 2.54 bits per heavy atom. The first-order valence-corrected chi connectivity index (χ1v) is 9.31. The van der Waals surface area contributed by atoms with Crippen LogP contribution >= 0.6 is 0 Å². The van der Waals surface area contributed by atoms with Crippen LogP contribution in [0.25, 0.3) is 0 Å². The van der Waals surface area contributed by atoms with Crippen LogP contribution < -0.4 is 10.2 Å². The summed E-state index contributed by atoms with van der Waals surface area (Å²) in [5.74, 6) is -2.43. The standard InChI is InChI=1S/C21H22N2O5/c1-4-27-20(26)21(3)16-15(17(22-21)14-6-5-11-28-14)18(24)23(19(16)25)13-9-7-12(2)8-10-13/h5-11,15-17,22H,4H2,1-3H3/t15-,16+,17-,21-/m1/s1. The number of aryl methyl sites for hydroxylation is 1. The molecular formula is C21H22N2O5. The van der Waals surface area contributed by atoms with E-state index in [1.807, 2.05) is 19.1 Å². The molecule has 7 nitrogen and oxygen atoms in total. The number of carbonyl (C=O) groups excluding carboxylic acids is 3. The molecule has 0 saturated carbocycles. The minimum atomic E-state index is -1.33. The zero-order valence-electron chi connectivity index (χ0n) is 16.0. The number of fused-ring (bicyclic) bond motifs is 1. The number of anilines is 1. The van der Waals surface area contributed by atoms with E-state index in [9.17, 15) is 14.4 Å². The summed E-state index contributed by atoms with van der Waals surface area (Å²) < 4.78 is 10.7. The number of nitrogens with one attached hydrogen (secondary N) is 1. The van der Waals surface area contributed by atoms with Gasteiger partial charge in [0.1, 0.15) is 11.3 Å². The number of hydrogen-bond acceptors (Lipinski definition) is 6. The highest BCUT2D eigenvalue weighted by molar-refractivity contribution is 6.24. The molecule has 2 aromatic rings. The van der Waals surface area contributed by atoms with E-state index in [0.717, 1.165) is 5.56 Å². The minimum Gasteiger partial charge on any atom is -0.468 e. The fraction of sp³-hybridized carbons (Fsp3) is 0.381. The third kappa shape index (κ3) is 2.57. The maximum absolute atomic E-state index is 13.3. The van der Waals surface area contributed by atoms with E-state index in [0.29, 0.717) is 11.4 Å². The molecule has 2 aliphatic heterocycles. The summed E-state index contributed by atoms with van der Waals surface area (Å²) in [6.45, 7) is 5.44. The number of ether oxygens (including phenoxy) is 1. The van der Waals surface area contributed by atoms with Gasteiger partial charge in [0.25, 0.3) is 0 Å². The summed E-state index contributed by atoms with van der Waals surface area (Å²) in [6, 6.07) is 10.0. The quantitative estimate of drug-likeness (QED) is 0.645. The second kappa shape index (κ2) is 6.60. The zero-order chi connectivity index (χ0) is 20.1. The van der Waals surface area contributed by atoms with Crippen LogP contribution in [-0.2, 0) is 19.1 Å². The maximum Gasteiger partial charge on any atom is 0.326 e. The van der Waals surface area contributed by atoms with Crippen molar-refractivity contribution in [3.8, 4) is 0 Å². The van der Waals surface area contributed by atoms with Gasteiger partial charge in [-0.15, -0.1) is 0 Å². The van der Waals surface area contributed by atoms with Crippen molar-refractivity contribution < 1.29 is 23.5 Å². The molecule has 3 heterocycles. The molecule has 0 unspecified atom stereocenters. The highest BCUT2D eigenvalue weighted by Gasteiger charge is 2.67. The molecule has 7 heteroatoms. The molecular weight excluding hydrogens is 360 g/mol. The molecule has 2 aliphatic rings. The summed E-state index contributed by atoms with van der Waals surface area (Å²) in [7, 11) is 0. The Balaban J connectivity index is 1.80. The van der Waals surface area contributed by atoms with Gasteiger partial charge in [-0.25, -0.2) is 4.90 Å². The molecule has 0 aliphatic carbocycles. The van der Waals surface area contributed by atoms with Crippen molar-refractivity contribution in [3.63, 3.8) is 0 Å². The van der Waals surface area contributed by atoms with Crippen LogP contribution in [0.1, 0.15) is 31.2 Å². The van der Waals surface area contributed by atoms with Gasteiger partial charge >= 0.3 is 5.97 Å². The number of imide groups is 1. The van der Waals surface area contributed by atoms with Crippen molar-refractivity contribution in [1.82, 2.24) is 5.32 Å². The van der Waals surface area contributed by atoms with Gasteiger partial charge in [0, 0.05) is 0 Å². The van der Waals surface area contributed by atoms with E-state index in [2.05, 4.69) is 5.32 Å². The Kier molecular flexibility index (Phi) is 4.34. The van der Waals surface area contributed by atoms with Crippen molar-refractivity contribution in [2.24, 2.45) is 11.8 Å². The molecule has 2 saturated heterocycles. The molecule has 28 heavy (non-hydrogen) atoms. The molecule has 0 radical (unpaired) electrons. The van der Waals surface area contributed by atoms with Crippen LogP contribution in [0, 0.1) is 18.8 Å². The molecule has 1 aromatic carbocycles. The van der Waals surface area contributed by atoms with Crippen LogP contribution in [-0.4, -0.2) is 29.9 Å². The Morgan fingerprint density at radius 2 is 1.93 bits per heavy atom. The van der Waals surface area contributed by atoms with Crippen LogP contribution in [0.3, 0.4) is 0 Å². The molecule has 146 valence electrons. The first-order valence-electron chi connectivity index (χ1n) is 9.31. The predicted molar refractivity (Wildman–Crippen MR) is 100 cm³/mol. The monoisotopic (exact) mass is 382 g/mol. The van der Waals surface area contributed by atoms with Gasteiger partial charge in [-0.1, -0.05) is 17.7 Å². The maximum atomic E-state index is 13.3. The molecule has 1 N–H and O–H groups in total. The lowest BCUT2D eigenvalue weighted by molar-refractivity contribution is -0.153. The molecule has 0 spiro atoms. The fourth-order valence-corrected chi connectivity index (χ4v) is 4.27. The van der Waals surface area contributed by atoms with Crippen LogP contribution in [0.4, 0.5) is 5.69 Å². The summed E-state index contributed by atoms with van der Waals surface area (Å²) in [4.78, 5) is 40.6. The number of nitrogens with zero attached hydrogens (tertiary/aromatic N) is 1. The molecule has 0 bridgehead atoms. The Morgan fingerprint density at radius 1 is 1.21 bits per heavy atom. The van der Waals surface area contributed by atoms with Gasteiger partial charge in [0.05, 0.1) is 36.4 Å². The van der Waals surface area contributed by atoms with E-state index in [1.165, 1.54) is 11.2 Å². The largest absolute Gasteiger partial charge is 0.468 e. The Labute approximate surface area is 162 Å². The van der Waals surface area contributed by atoms with Crippen molar-refractivity contribution in [2.45, 2.75) is 32.4 Å². The Hall–Kier alpha value is -2.93. The molecule has 2 fully saturated rings. The number of esters is 1. The third-order valence-electron chi connectivity index (χ3n) is 5.63. The third-order valence-corrected chi connectivity index (χ3v) is 5.63. The first-order chi connectivity index (χ1) is 13.4. The van der Waals surface area contributed by atoms with E-state index < -0.39 is 35.3 Å². The van der Waals surface area contributed by atoms with Crippen molar-refractivity contribution in [1.29, 1.82) is 0 Å². The summed E-state index contributed by atoms with van der Waals surface area (Å²) >= 11 is 0. The zero-order valence-corrected chi connectivity index (χ0v) is 16.0. The molecule has 4 atom stereocenters. The number of rotatable bonds is 4. The average molecular weight is 382 g/mol. The van der Waals surface area contributed by atoms with Crippen LogP contribution in [0.5, 0.6) is 0 Å². The second-order valence-electron chi connectivity index (χ2n) is 7.41. The van der Waals surface area contributed by atoms with E-state index in [-0.39, 0.29) is 12.5 Å². The molecule has 1 aromatic heterocycles. The summed E-state index contributed by atoms with van der Waals surface area (Å²) in [5, 5.41) is 3.16. The van der Waals surface area contributed by atoms with E-state index in [1.54, 1.807) is 38.1 Å². The van der Waals surface area contributed by atoms with Crippen molar-refractivity contribution in [2.75, 3.05) is 11.5 Å². The lowest BCUT2D eigenvalue weighted by atomic mass is 9.81. The Bertz CT molecular complexity index is 921. The number of furan rings is 1. The number of hydrogen-bond donors (Lipinski definition) is 1. The smallest absolute Gasteiger partial charge is 0.326 e. The lowest BCUT2D eigenvalue weighted by Crippen LogP contribution is -2.54. The van der Waals surface area contributed by atoms with Gasteiger partial charge in [-0.2, -0.15) is 0 Å². The van der Waals surface area contributed by atoms with Crippen LogP contribution in [0.2, 0.25) is 0 Å². The summed E-state index contributed by atoms with van der Waals surface area (Å²) in [6.07, 6.45) is 1.50. The summed E-state index contributed by atoms with van der Waals surface area (Å²) in [5.41, 5.74) is 0.193. The highest BCUT2D eigenvalue weighted by atomic mass is 16.5. The lowest BCUT2D eigenvalue weighted by Gasteiger charge is -2.28. The topological polar surface area (TPSA) is 88.8 Å². The molecule has 2 amide bonds. The normalized spacial score (nSPS) is 29.2. The number of benzene rings is 1. The number of amides is 2. The predicted octanol–water partition coefficient (Wildman–Crippen LogP) is 2.36. The highest BCUT2D eigenvalue weighted by Crippen LogP contribution is 2.50. The van der Waals surface area contributed by atoms with Gasteiger partial charge < -0.3 is 9.15 Å². The second-order valence-corrected chi connectivity index (χ2v) is 7.41. The first kappa shape index (κ1) is 18.4.